The van der Waals surface area contributed by atoms with Gasteiger partial charge in [-0.3, -0.25) is 0 Å². The molecule has 4 heteroatoms. The van der Waals surface area contributed by atoms with Gasteiger partial charge in [-0.25, -0.2) is 0 Å². The Hall–Kier alpha value is -0.940. The number of aliphatic hydroxyl groups excluding tert-OH is 1. The topological polar surface area (TPSA) is 47.9 Å². The first-order valence-corrected chi connectivity index (χ1v) is 20.7. The minimum atomic E-state index is -0.709. The zero-order valence-corrected chi connectivity index (χ0v) is 32.9. The van der Waals surface area contributed by atoms with Crippen molar-refractivity contribution >= 4 is 0 Å². The summed E-state index contributed by atoms with van der Waals surface area (Å²) in [5, 5.41) is 11.5. The second-order valence-electron chi connectivity index (χ2n) is 20.6. The second-order valence-corrected chi connectivity index (χ2v) is 20.6. The summed E-state index contributed by atoms with van der Waals surface area (Å²) in [7, 11) is 0. The van der Waals surface area contributed by atoms with Gasteiger partial charge in [-0.2, -0.15) is 0 Å². The normalized spacial score (nSPS) is 46.6. The molecule has 7 rings (SSSR count). The molecule has 1 saturated heterocycles. The van der Waals surface area contributed by atoms with Gasteiger partial charge in [0, 0.05) is 0 Å². The maximum atomic E-state index is 11.5. The summed E-state index contributed by atoms with van der Waals surface area (Å²) in [6.45, 7) is 23.7. The molecule has 1 aliphatic heterocycles. The summed E-state index contributed by atoms with van der Waals surface area (Å²) in [6, 6.07) is 10.3. The number of benzene rings is 1. The number of aliphatic hydroxyl groups is 1. The number of rotatable bonds is 9. The van der Waals surface area contributed by atoms with Crippen molar-refractivity contribution in [3.63, 3.8) is 0 Å². The fourth-order valence-electron chi connectivity index (χ4n) is 15.0. The quantitative estimate of drug-likeness (QED) is 0.283. The van der Waals surface area contributed by atoms with Crippen LogP contribution in [0.25, 0.3) is 0 Å². The molecule has 0 amide bonds. The largest absolute Gasteiger partial charge is 0.390 e. The van der Waals surface area contributed by atoms with E-state index in [2.05, 4.69) is 60.6 Å². The average molecular weight is 677 g/mol. The molecule has 1 aromatic rings. The Morgan fingerprint density at radius 1 is 0.735 bits per heavy atom. The van der Waals surface area contributed by atoms with Crippen LogP contribution < -0.4 is 0 Å². The van der Waals surface area contributed by atoms with Crippen molar-refractivity contribution in [1.82, 2.24) is 0 Å². The van der Waals surface area contributed by atoms with Gasteiger partial charge in [0.15, 0.2) is 5.79 Å². The molecule has 1 N–H and O–H groups in total. The van der Waals surface area contributed by atoms with Crippen molar-refractivity contribution < 1.29 is 19.3 Å². The van der Waals surface area contributed by atoms with E-state index in [-0.39, 0.29) is 12.2 Å². The molecule has 0 spiro atoms. The van der Waals surface area contributed by atoms with Crippen LogP contribution in [-0.2, 0) is 20.8 Å². The standard InChI is InChI=1S/C45H72O4/c1-30(16-17-34(46)39-35(48-41(4,5)49-39)29-47-28-31-14-11-10-12-15-31)32-20-25-42(6)33(32)21-26-44(8)37(42)18-19-38-43(7)24-13-23-40(2,3)36(43)22-27-45(38,44)9/h10-12,14-15,30,32-39,46H,13,16-29H2,1-9H3/t30-,32-,33+,34-,35+,36+,37-,38-,39-,42+,43+,44-,45-/m1/s1. The molecule has 0 bridgehead atoms. The lowest BCUT2D eigenvalue weighted by Crippen LogP contribution is -2.65. The number of fused-ring (bicyclic) bond motifs is 7. The van der Waals surface area contributed by atoms with Gasteiger partial charge in [0.25, 0.3) is 0 Å². The molecule has 49 heavy (non-hydrogen) atoms. The number of hydrogen-bond acceptors (Lipinski definition) is 4. The third-order valence-electron chi connectivity index (χ3n) is 17.4. The summed E-state index contributed by atoms with van der Waals surface area (Å²) in [6.07, 6.45) is 16.4. The molecule has 1 heterocycles. The minimum absolute atomic E-state index is 0.261. The van der Waals surface area contributed by atoms with Gasteiger partial charge >= 0.3 is 0 Å². The van der Waals surface area contributed by atoms with Crippen molar-refractivity contribution in [2.45, 2.75) is 176 Å². The summed E-state index contributed by atoms with van der Waals surface area (Å²) < 4.78 is 18.6. The van der Waals surface area contributed by atoms with Crippen molar-refractivity contribution in [1.29, 1.82) is 0 Å². The minimum Gasteiger partial charge on any atom is -0.390 e. The monoisotopic (exact) mass is 677 g/mol. The van der Waals surface area contributed by atoms with Gasteiger partial charge in [0.05, 0.1) is 19.3 Å². The summed E-state index contributed by atoms with van der Waals surface area (Å²) in [4.78, 5) is 0. The van der Waals surface area contributed by atoms with Crippen LogP contribution in [0.15, 0.2) is 30.3 Å². The highest BCUT2D eigenvalue weighted by Crippen LogP contribution is 2.78. The van der Waals surface area contributed by atoms with E-state index in [4.69, 9.17) is 14.2 Å². The SMILES string of the molecule is C[C@H](CC[C@@H](O)[C@H]1OC(C)(C)O[C@H]1COCc1ccccc1)[C@H]1CC[C@]2(C)[C@H]3CC[C@@H]4[C@@]5(C)CCCC(C)(C)[C@@H]5CC[C@@]4(C)[C@]3(C)CC[C@@H]12. The van der Waals surface area contributed by atoms with Gasteiger partial charge in [0.2, 0.25) is 0 Å². The van der Waals surface area contributed by atoms with Crippen LogP contribution in [0, 0.1) is 62.6 Å². The predicted octanol–water partition coefficient (Wildman–Crippen LogP) is 11.0. The summed E-state index contributed by atoms with van der Waals surface area (Å²) in [5.41, 5.74) is 3.54. The van der Waals surface area contributed by atoms with Gasteiger partial charge in [-0.1, -0.05) is 85.2 Å². The molecular weight excluding hydrogens is 604 g/mol. The number of ether oxygens (including phenoxy) is 3. The third-order valence-corrected chi connectivity index (χ3v) is 17.4. The van der Waals surface area contributed by atoms with Crippen molar-refractivity contribution in [3.05, 3.63) is 35.9 Å². The van der Waals surface area contributed by atoms with Crippen molar-refractivity contribution in [2.75, 3.05) is 6.61 Å². The van der Waals surface area contributed by atoms with Crippen LogP contribution in [0.5, 0.6) is 0 Å². The van der Waals surface area contributed by atoms with Gasteiger partial charge < -0.3 is 19.3 Å². The highest BCUT2D eigenvalue weighted by atomic mass is 16.8. The maximum Gasteiger partial charge on any atom is 0.164 e. The Balaban J connectivity index is 0.991. The number of hydrogen-bond donors (Lipinski definition) is 1. The molecule has 6 aliphatic rings. The van der Waals surface area contributed by atoms with Crippen LogP contribution in [-0.4, -0.2) is 35.8 Å². The molecular formula is C45H72O4. The Bertz CT molecular complexity index is 1310. The predicted molar refractivity (Wildman–Crippen MR) is 199 cm³/mol. The summed E-state index contributed by atoms with van der Waals surface area (Å²) in [5.74, 6) is 4.12. The van der Waals surface area contributed by atoms with Crippen LogP contribution in [0.2, 0.25) is 0 Å². The lowest BCUT2D eigenvalue weighted by Gasteiger charge is -2.73. The zero-order valence-electron chi connectivity index (χ0n) is 32.9. The third kappa shape index (κ3) is 6.01. The fraction of sp³-hybridized carbons (Fsp3) is 0.867. The Morgan fingerprint density at radius 2 is 1.41 bits per heavy atom. The van der Waals surface area contributed by atoms with Crippen LogP contribution in [0.3, 0.4) is 0 Å². The lowest BCUT2D eigenvalue weighted by molar-refractivity contribution is -0.241. The van der Waals surface area contributed by atoms with E-state index in [1.165, 1.54) is 70.6 Å². The lowest BCUT2D eigenvalue weighted by atomic mass is 9.32. The van der Waals surface area contributed by atoms with Crippen molar-refractivity contribution in [3.8, 4) is 0 Å². The van der Waals surface area contributed by atoms with Crippen LogP contribution >= 0.6 is 0 Å². The van der Waals surface area contributed by atoms with Crippen LogP contribution in [0.4, 0.5) is 0 Å². The molecule has 5 saturated carbocycles. The molecule has 4 nitrogen and oxygen atoms in total. The van der Waals surface area contributed by atoms with Gasteiger partial charge in [-0.15, -0.1) is 0 Å². The molecule has 0 aromatic heterocycles. The Kier molecular flexibility index (Phi) is 9.57. The molecule has 276 valence electrons. The highest BCUT2D eigenvalue weighted by molar-refractivity contribution is 5.19. The average Bonchev–Trinajstić information content (AvgIpc) is 3.55. The van der Waals surface area contributed by atoms with E-state index >= 15 is 0 Å². The smallest absolute Gasteiger partial charge is 0.164 e. The van der Waals surface area contributed by atoms with E-state index in [9.17, 15) is 5.11 Å². The van der Waals surface area contributed by atoms with E-state index < -0.39 is 11.9 Å². The van der Waals surface area contributed by atoms with Crippen LogP contribution in [0.1, 0.15) is 151 Å². The zero-order chi connectivity index (χ0) is 35.0. The first kappa shape index (κ1) is 36.4. The maximum absolute atomic E-state index is 11.5. The summed E-state index contributed by atoms with van der Waals surface area (Å²) >= 11 is 0. The molecule has 0 unspecified atom stereocenters. The second kappa shape index (κ2) is 12.9. The van der Waals surface area contributed by atoms with Gasteiger partial charge in [0.1, 0.15) is 12.2 Å². The molecule has 5 aliphatic carbocycles. The first-order chi connectivity index (χ1) is 23.0. The van der Waals surface area contributed by atoms with Crippen molar-refractivity contribution in [2.24, 2.45) is 62.6 Å². The molecule has 1 aromatic carbocycles. The van der Waals surface area contributed by atoms with E-state index in [1.54, 1.807) is 0 Å². The molecule has 13 atom stereocenters. The Labute approximate surface area is 300 Å². The first-order valence-electron chi connectivity index (χ1n) is 20.7. The van der Waals surface area contributed by atoms with Gasteiger partial charge in [-0.05, 0) is 159 Å². The highest BCUT2D eigenvalue weighted by Gasteiger charge is 2.70. The van der Waals surface area contributed by atoms with E-state index in [0.29, 0.717) is 46.2 Å². The van der Waals surface area contributed by atoms with E-state index in [0.717, 1.165) is 48.0 Å². The molecule has 6 fully saturated rings. The molecule has 0 radical (unpaired) electrons. The van der Waals surface area contributed by atoms with E-state index in [1.807, 2.05) is 32.0 Å². The Morgan fingerprint density at radius 3 is 2.12 bits per heavy atom. The fourth-order valence-corrected chi connectivity index (χ4v) is 15.0.